The molecule has 0 radical (unpaired) electrons. The monoisotopic (exact) mass is 252 g/mol. The molecule has 5 nitrogen and oxygen atoms in total. The van der Waals surface area contributed by atoms with Gasteiger partial charge in [0.25, 0.3) is 0 Å². The molecule has 98 valence electrons. The van der Waals surface area contributed by atoms with Crippen LogP contribution in [0.2, 0.25) is 0 Å². The largest absolute Gasteiger partial charge is 0.496 e. The number of hydrogen-bond acceptors (Lipinski definition) is 5. The molecule has 2 atom stereocenters. The number of esters is 1. The zero-order valence-electron chi connectivity index (χ0n) is 10.3. The van der Waals surface area contributed by atoms with Crippen LogP contribution < -0.4 is 4.74 Å². The van der Waals surface area contributed by atoms with E-state index in [0.29, 0.717) is 5.75 Å². The molecule has 0 bridgehead atoms. The molecule has 0 heterocycles. The summed E-state index contributed by atoms with van der Waals surface area (Å²) in [5, 5.41) is 20.2. The summed E-state index contributed by atoms with van der Waals surface area (Å²) in [6, 6.07) is 5.42. The smallest absolute Gasteiger partial charge is 0.340 e. The lowest BCUT2D eigenvalue weighted by Crippen LogP contribution is -2.55. The van der Waals surface area contributed by atoms with Crippen LogP contribution in [0.3, 0.4) is 0 Å². The van der Waals surface area contributed by atoms with Crippen molar-refractivity contribution < 1.29 is 24.5 Å². The van der Waals surface area contributed by atoms with E-state index in [2.05, 4.69) is 4.74 Å². The minimum absolute atomic E-state index is 0.0137. The van der Waals surface area contributed by atoms with E-state index in [0.717, 1.165) is 11.1 Å². The highest BCUT2D eigenvalue weighted by Gasteiger charge is 2.48. The molecular formula is C13H16O5. The molecule has 5 heteroatoms. The third kappa shape index (κ3) is 1.85. The van der Waals surface area contributed by atoms with Gasteiger partial charge in [0, 0.05) is 18.4 Å². The second-order valence-corrected chi connectivity index (χ2v) is 4.41. The lowest BCUT2D eigenvalue weighted by atomic mass is 9.78. The van der Waals surface area contributed by atoms with Crippen LogP contribution in [0.15, 0.2) is 18.2 Å². The zero-order valence-corrected chi connectivity index (χ0v) is 10.3. The lowest BCUT2D eigenvalue weighted by Gasteiger charge is -2.35. The Morgan fingerprint density at radius 3 is 2.78 bits per heavy atom. The highest BCUT2D eigenvalue weighted by molar-refractivity contribution is 5.81. The number of hydrogen-bond donors (Lipinski definition) is 2. The SMILES string of the molecule is COC(=O)[C@@]1(O)Cc2c(cccc2OC)C[C@@H]1O. The number of fused-ring (bicyclic) bond motifs is 1. The average molecular weight is 252 g/mol. The van der Waals surface area contributed by atoms with Gasteiger partial charge in [-0.25, -0.2) is 4.79 Å². The van der Waals surface area contributed by atoms with Crippen molar-refractivity contribution in [3.63, 3.8) is 0 Å². The zero-order chi connectivity index (χ0) is 13.3. The molecule has 1 aromatic rings. The van der Waals surface area contributed by atoms with Gasteiger partial charge in [0.15, 0.2) is 5.60 Å². The topological polar surface area (TPSA) is 76.0 Å². The molecule has 2 N–H and O–H groups in total. The molecule has 0 amide bonds. The van der Waals surface area contributed by atoms with E-state index < -0.39 is 17.7 Å². The number of methoxy groups -OCH3 is 2. The number of carbonyl (C=O) groups is 1. The second kappa shape index (κ2) is 4.59. The van der Waals surface area contributed by atoms with Gasteiger partial charge in [-0.15, -0.1) is 0 Å². The second-order valence-electron chi connectivity index (χ2n) is 4.41. The van der Waals surface area contributed by atoms with Crippen molar-refractivity contribution in [2.24, 2.45) is 0 Å². The number of carbonyl (C=O) groups excluding carboxylic acids is 1. The Labute approximate surface area is 105 Å². The Morgan fingerprint density at radius 1 is 1.44 bits per heavy atom. The molecule has 1 aliphatic carbocycles. The summed E-state index contributed by atoms with van der Waals surface area (Å²) in [7, 11) is 2.71. The Bertz CT molecular complexity index is 470. The number of aliphatic hydroxyl groups excluding tert-OH is 1. The Kier molecular flexibility index (Phi) is 3.28. The van der Waals surface area contributed by atoms with Gasteiger partial charge in [-0.05, 0) is 11.6 Å². The van der Waals surface area contributed by atoms with Gasteiger partial charge in [0.2, 0.25) is 0 Å². The number of rotatable bonds is 2. The Hall–Kier alpha value is -1.59. The fourth-order valence-electron chi connectivity index (χ4n) is 2.34. The average Bonchev–Trinajstić information content (AvgIpc) is 2.38. The van der Waals surface area contributed by atoms with Crippen LogP contribution >= 0.6 is 0 Å². The Morgan fingerprint density at radius 2 is 2.17 bits per heavy atom. The fraction of sp³-hybridized carbons (Fsp3) is 0.462. The van der Waals surface area contributed by atoms with Crippen LogP contribution in [0.5, 0.6) is 5.75 Å². The van der Waals surface area contributed by atoms with E-state index in [1.54, 1.807) is 6.07 Å². The highest BCUT2D eigenvalue weighted by atomic mass is 16.5. The van der Waals surface area contributed by atoms with Crippen LogP contribution in [-0.4, -0.2) is 42.1 Å². The predicted octanol–water partition coefficient (Wildman–Crippen LogP) is 0.0588. The van der Waals surface area contributed by atoms with E-state index in [9.17, 15) is 15.0 Å². The summed E-state index contributed by atoms with van der Waals surface area (Å²) in [6.45, 7) is 0. The maximum Gasteiger partial charge on any atom is 0.340 e. The van der Waals surface area contributed by atoms with Gasteiger partial charge in [-0.2, -0.15) is 0 Å². The van der Waals surface area contributed by atoms with Crippen LogP contribution in [0.4, 0.5) is 0 Å². The number of aliphatic hydroxyl groups is 2. The van der Waals surface area contributed by atoms with Crippen LogP contribution in [0, 0.1) is 0 Å². The maximum atomic E-state index is 11.6. The molecule has 0 unspecified atom stereocenters. The van der Waals surface area contributed by atoms with E-state index in [1.165, 1.54) is 14.2 Å². The van der Waals surface area contributed by atoms with Crippen molar-refractivity contribution >= 4 is 5.97 Å². The minimum atomic E-state index is -1.91. The molecule has 0 aromatic heterocycles. The summed E-state index contributed by atoms with van der Waals surface area (Å²) in [6.07, 6.45) is -0.997. The molecule has 1 aliphatic rings. The standard InChI is InChI=1S/C13H16O5/c1-17-10-5-3-4-8-6-11(14)13(16,7-9(8)10)12(15)18-2/h3-5,11,14,16H,6-7H2,1-2H3/t11-,13+/m0/s1. The summed E-state index contributed by atoms with van der Waals surface area (Å²) in [4.78, 5) is 11.6. The molecule has 0 saturated heterocycles. The Balaban J connectivity index is 2.45. The van der Waals surface area contributed by atoms with Crippen molar-refractivity contribution in [3.8, 4) is 5.75 Å². The van der Waals surface area contributed by atoms with Gasteiger partial charge < -0.3 is 19.7 Å². The predicted molar refractivity (Wildman–Crippen MR) is 63.4 cm³/mol. The van der Waals surface area contributed by atoms with Crippen molar-refractivity contribution in [1.82, 2.24) is 0 Å². The molecule has 2 rings (SSSR count). The number of ether oxygens (including phenoxy) is 2. The quantitative estimate of drug-likeness (QED) is 0.728. The minimum Gasteiger partial charge on any atom is -0.496 e. The van der Waals surface area contributed by atoms with Crippen LogP contribution in [-0.2, 0) is 22.4 Å². The van der Waals surface area contributed by atoms with E-state index in [1.807, 2.05) is 12.1 Å². The van der Waals surface area contributed by atoms with Crippen molar-refractivity contribution in [2.45, 2.75) is 24.5 Å². The first-order valence-electron chi connectivity index (χ1n) is 5.66. The molecule has 18 heavy (non-hydrogen) atoms. The van der Waals surface area contributed by atoms with Gasteiger partial charge >= 0.3 is 5.97 Å². The van der Waals surface area contributed by atoms with E-state index in [4.69, 9.17) is 4.74 Å². The lowest BCUT2D eigenvalue weighted by molar-refractivity contribution is -0.176. The summed E-state index contributed by atoms with van der Waals surface area (Å²) >= 11 is 0. The first kappa shape index (κ1) is 12.9. The van der Waals surface area contributed by atoms with Crippen LogP contribution in [0.25, 0.3) is 0 Å². The maximum absolute atomic E-state index is 11.6. The highest BCUT2D eigenvalue weighted by Crippen LogP contribution is 2.35. The van der Waals surface area contributed by atoms with Crippen LogP contribution in [0.1, 0.15) is 11.1 Å². The van der Waals surface area contributed by atoms with Gasteiger partial charge in [-0.1, -0.05) is 12.1 Å². The first-order chi connectivity index (χ1) is 8.52. The summed E-state index contributed by atoms with van der Waals surface area (Å²) in [5.41, 5.74) is -0.301. The van der Waals surface area contributed by atoms with Gasteiger partial charge in [0.05, 0.1) is 20.3 Å². The van der Waals surface area contributed by atoms with Crippen molar-refractivity contribution in [2.75, 3.05) is 14.2 Å². The molecule has 0 saturated carbocycles. The van der Waals surface area contributed by atoms with E-state index in [-0.39, 0.29) is 12.8 Å². The third-order valence-electron chi connectivity index (χ3n) is 3.40. The van der Waals surface area contributed by atoms with E-state index >= 15 is 0 Å². The third-order valence-corrected chi connectivity index (χ3v) is 3.40. The molecule has 0 aliphatic heterocycles. The van der Waals surface area contributed by atoms with Crippen molar-refractivity contribution in [1.29, 1.82) is 0 Å². The van der Waals surface area contributed by atoms with Crippen molar-refractivity contribution in [3.05, 3.63) is 29.3 Å². The summed E-state index contributed by atoms with van der Waals surface area (Å²) in [5.74, 6) is -0.228. The first-order valence-corrected chi connectivity index (χ1v) is 5.66. The molecule has 0 fully saturated rings. The normalized spacial score (nSPS) is 26.3. The molecular weight excluding hydrogens is 236 g/mol. The molecule has 0 spiro atoms. The number of benzene rings is 1. The fourth-order valence-corrected chi connectivity index (χ4v) is 2.34. The summed E-state index contributed by atoms with van der Waals surface area (Å²) < 4.78 is 9.77. The molecule has 1 aromatic carbocycles. The van der Waals surface area contributed by atoms with Gasteiger partial charge in [0.1, 0.15) is 5.75 Å². The van der Waals surface area contributed by atoms with Gasteiger partial charge in [-0.3, -0.25) is 0 Å².